The minimum Gasteiger partial charge on any atom is -0.355 e. The van der Waals surface area contributed by atoms with E-state index in [2.05, 4.69) is 5.32 Å². The van der Waals surface area contributed by atoms with Crippen LogP contribution >= 0.6 is 0 Å². The summed E-state index contributed by atoms with van der Waals surface area (Å²) in [5.74, 6) is -0.184. The highest BCUT2D eigenvalue weighted by molar-refractivity contribution is 7.89. The van der Waals surface area contributed by atoms with Gasteiger partial charge in [0.05, 0.1) is 16.5 Å². The van der Waals surface area contributed by atoms with Crippen LogP contribution in [0.4, 0.5) is 0 Å². The van der Waals surface area contributed by atoms with Crippen molar-refractivity contribution in [2.45, 2.75) is 30.3 Å². The number of nitrogens with one attached hydrogen (secondary N) is 1. The Bertz CT molecular complexity index is 958. The normalized spacial score (nSPS) is 14.0. The van der Waals surface area contributed by atoms with Gasteiger partial charge in [-0.1, -0.05) is 18.2 Å². The number of hydrogen-bond donors (Lipinski definition) is 1. The summed E-state index contributed by atoms with van der Waals surface area (Å²) in [5, 5.41) is 11.6. The molecule has 0 saturated heterocycles. The molecular formula is C19H19N3O3S. The van der Waals surface area contributed by atoms with Gasteiger partial charge in [-0.3, -0.25) is 4.79 Å². The third-order valence-electron chi connectivity index (χ3n) is 4.31. The Labute approximate surface area is 153 Å². The minimum atomic E-state index is -3.70. The van der Waals surface area contributed by atoms with Crippen LogP contribution in [-0.4, -0.2) is 31.7 Å². The first kappa shape index (κ1) is 18.1. The van der Waals surface area contributed by atoms with Crippen molar-refractivity contribution < 1.29 is 13.2 Å². The van der Waals surface area contributed by atoms with E-state index < -0.39 is 10.0 Å². The smallest absolute Gasteiger partial charge is 0.251 e. The highest BCUT2D eigenvalue weighted by Crippen LogP contribution is 2.33. The molecule has 0 aromatic heterocycles. The van der Waals surface area contributed by atoms with E-state index in [1.54, 1.807) is 43.4 Å². The predicted molar refractivity (Wildman–Crippen MR) is 96.7 cm³/mol. The second kappa shape index (κ2) is 7.28. The fraction of sp³-hybridized carbons (Fsp3) is 0.263. The van der Waals surface area contributed by atoms with E-state index in [1.807, 2.05) is 6.07 Å². The topological polar surface area (TPSA) is 90.3 Å². The molecule has 0 heterocycles. The van der Waals surface area contributed by atoms with Crippen molar-refractivity contribution in [3.05, 3.63) is 65.2 Å². The summed E-state index contributed by atoms with van der Waals surface area (Å²) in [6.45, 7) is 0.234. The van der Waals surface area contributed by atoms with Crippen molar-refractivity contribution in [1.82, 2.24) is 9.62 Å². The second-order valence-electron chi connectivity index (χ2n) is 6.20. The van der Waals surface area contributed by atoms with Gasteiger partial charge in [-0.25, -0.2) is 8.42 Å². The van der Waals surface area contributed by atoms with E-state index in [9.17, 15) is 13.2 Å². The Morgan fingerprint density at radius 2 is 1.92 bits per heavy atom. The summed E-state index contributed by atoms with van der Waals surface area (Å²) in [6, 6.07) is 14.9. The molecule has 1 amide bonds. The van der Waals surface area contributed by atoms with Gasteiger partial charge < -0.3 is 5.32 Å². The van der Waals surface area contributed by atoms with E-state index >= 15 is 0 Å². The monoisotopic (exact) mass is 369 g/mol. The van der Waals surface area contributed by atoms with Crippen molar-refractivity contribution in [3.8, 4) is 6.07 Å². The van der Waals surface area contributed by atoms with Crippen LogP contribution in [0.5, 0.6) is 0 Å². The molecule has 1 fully saturated rings. The lowest BCUT2D eigenvalue weighted by Crippen LogP contribution is -2.32. The van der Waals surface area contributed by atoms with Crippen LogP contribution in [0.2, 0.25) is 0 Å². The maximum Gasteiger partial charge on any atom is 0.251 e. The van der Waals surface area contributed by atoms with Gasteiger partial charge >= 0.3 is 0 Å². The molecule has 0 bridgehead atoms. The van der Waals surface area contributed by atoms with Gasteiger partial charge in [0.1, 0.15) is 0 Å². The molecule has 0 aliphatic heterocycles. The first-order valence-electron chi connectivity index (χ1n) is 8.28. The molecule has 6 nitrogen and oxygen atoms in total. The largest absolute Gasteiger partial charge is 0.355 e. The molecule has 0 radical (unpaired) electrons. The van der Waals surface area contributed by atoms with Crippen LogP contribution < -0.4 is 5.32 Å². The molecule has 2 aromatic carbocycles. The van der Waals surface area contributed by atoms with E-state index in [0.717, 1.165) is 18.4 Å². The number of carbonyl (C=O) groups excluding carboxylic acids is 1. The minimum absolute atomic E-state index is 0.0237. The van der Waals surface area contributed by atoms with Crippen LogP contribution in [0.15, 0.2) is 53.4 Å². The number of rotatable bonds is 6. The predicted octanol–water partition coefficient (Wildman–Crippen LogP) is 2.27. The van der Waals surface area contributed by atoms with Gasteiger partial charge in [-0.15, -0.1) is 0 Å². The third-order valence-corrected chi connectivity index (χ3v) is 6.20. The molecule has 0 atom stereocenters. The number of carbonyl (C=O) groups is 1. The van der Waals surface area contributed by atoms with Crippen LogP contribution in [-0.2, 0) is 16.6 Å². The molecule has 1 aliphatic rings. The summed E-state index contributed by atoms with van der Waals surface area (Å²) in [7, 11) is -2.13. The molecule has 1 saturated carbocycles. The lowest BCUT2D eigenvalue weighted by Gasteiger charge is -2.22. The fourth-order valence-corrected chi connectivity index (χ4v) is 4.44. The molecule has 0 spiro atoms. The summed E-state index contributed by atoms with van der Waals surface area (Å²) >= 11 is 0. The molecule has 7 heteroatoms. The van der Waals surface area contributed by atoms with Crippen LogP contribution in [0.1, 0.15) is 34.3 Å². The number of amides is 1. The Morgan fingerprint density at radius 3 is 2.50 bits per heavy atom. The maximum absolute atomic E-state index is 13.1. The first-order chi connectivity index (χ1) is 12.5. The van der Waals surface area contributed by atoms with Crippen molar-refractivity contribution in [1.29, 1.82) is 5.26 Å². The number of benzene rings is 2. The zero-order chi connectivity index (χ0) is 18.7. The van der Waals surface area contributed by atoms with Gasteiger partial charge in [0, 0.05) is 25.2 Å². The zero-order valence-corrected chi connectivity index (χ0v) is 15.2. The van der Waals surface area contributed by atoms with Crippen molar-refractivity contribution >= 4 is 15.9 Å². The molecule has 0 unspecified atom stereocenters. The van der Waals surface area contributed by atoms with E-state index in [0.29, 0.717) is 11.1 Å². The Balaban J connectivity index is 1.87. The quantitative estimate of drug-likeness (QED) is 0.846. The van der Waals surface area contributed by atoms with Crippen LogP contribution in [0.25, 0.3) is 0 Å². The highest BCUT2D eigenvalue weighted by atomic mass is 32.2. The Kier molecular flexibility index (Phi) is 5.07. The third kappa shape index (κ3) is 3.77. The SMILES string of the molecule is CNC(=O)c1ccc(CN(C2CC2)S(=O)(=O)c2cccc(C#N)c2)cc1. The zero-order valence-electron chi connectivity index (χ0n) is 14.3. The molecular weight excluding hydrogens is 350 g/mol. The van der Waals surface area contributed by atoms with Gasteiger partial charge in [0.25, 0.3) is 5.91 Å². The highest BCUT2D eigenvalue weighted by Gasteiger charge is 2.38. The Hall–Kier alpha value is -2.69. The lowest BCUT2D eigenvalue weighted by molar-refractivity contribution is 0.0963. The van der Waals surface area contributed by atoms with E-state index in [1.165, 1.54) is 16.4 Å². The van der Waals surface area contributed by atoms with E-state index in [4.69, 9.17) is 5.26 Å². The molecule has 1 N–H and O–H groups in total. The molecule has 3 rings (SSSR count). The summed E-state index contributed by atoms with van der Waals surface area (Å²) in [5.41, 5.74) is 1.65. The molecule has 2 aromatic rings. The van der Waals surface area contributed by atoms with Gasteiger partial charge in [0.2, 0.25) is 10.0 Å². The summed E-state index contributed by atoms with van der Waals surface area (Å²) in [6.07, 6.45) is 1.65. The van der Waals surface area contributed by atoms with Crippen molar-refractivity contribution in [2.24, 2.45) is 0 Å². The number of hydrogen-bond acceptors (Lipinski definition) is 4. The Morgan fingerprint density at radius 1 is 1.23 bits per heavy atom. The van der Waals surface area contributed by atoms with Gasteiger partial charge in [-0.2, -0.15) is 9.57 Å². The van der Waals surface area contributed by atoms with Crippen LogP contribution in [0.3, 0.4) is 0 Å². The standard InChI is InChI=1S/C19H19N3O3S/c1-21-19(23)16-7-5-14(6-8-16)13-22(17-9-10-17)26(24,25)18-4-2-3-15(11-18)12-20/h2-8,11,17H,9-10,13H2,1H3,(H,21,23). The van der Waals surface area contributed by atoms with Crippen molar-refractivity contribution in [2.75, 3.05) is 7.05 Å². The van der Waals surface area contributed by atoms with E-state index in [-0.39, 0.29) is 23.4 Å². The maximum atomic E-state index is 13.1. The summed E-state index contributed by atoms with van der Waals surface area (Å²) < 4.78 is 27.6. The first-order valence-corrected chi connectivity index (χ1v) is 9.73. The molecule has 26 heavy (non-hydrogen) atoms. The summed E-state index contributed by atoms with van der Waals surface area (Å²) in [4.78, 5) is 11.8. The van der Waals surface area contributed by atoms with Crippen LogP contribution in [0, 0.1) is 11.3 Å². The molecule has 1 aliphatic carbocycles. The van der Waals surface area contributed by atoms with Gasteiger partial charge in [-0.05, 0) is 48.7 Å². The second-order valence-corrected chi connectivity index (χ2v) is 8.09. The number of nitriles is 1. The lowest BCUT2D eigenvalue weighted by atomic mass is 10.1. The number of sulfonamides is 1. The molecule has 134 valence electrons. The number of nitrogens with zero attached hydrogens (tertiary/aromatic N) is 2. The van der Waals surface area contributed by atoms with Crippen molar-refractivity contribution in [3.63, 3.8) is 0 Å². The van der Waals surface area contributed by atoms with Gasteiger partial charge in [0.15, 0.2) is 0 Å². The average Bonchev–Trinajstić information content (AvgIpc) is 3.50. The fourth-order valence-electron chi connectivity index (χ4n) is 2.72. The average molecular weight is 369 g/mol.